The van der Waals surface area contributed by atoms with Gasteiger partial charge in [0.2, 0.25) is 0 Å². The van der Waals surface area contributed by atoms with Crippen molar-refractivity contribution in [3.63, 3.8) is 0 Å². The van der Waals surface area contributed by atoms with Gasteiger partial charge in [-0.2, -0.15) is 0 Å². The molecule has 3 aromatic rings. The molecule has 0 saturated carbocycles. The van der Waals surface area contributed by atoms with Crippen molar-refractivity contribution in [3.8, 4) is 0 Å². The molecule has 3 aromatic heterocycles. The normalized spacial score (nSPS) is 11.4. The number of aromatic nitrogens is 3. The Hall–Kier alpha value is -1.46. The van der Waals surface area contributed by atoms with Gasteiger partial charge >= 0.3 is 0 Å². The van der Waals surface area contributed by atoms with Crippen molar-refractivity contribution in [1.82, 2.24) is 14.5 Å². The van der Waals surface area contributed by atoms with Gasteiger partial charge in [0, 0.05) is 24.0 Å². The van der Waals surface area contributed by atoms with Crippen molar-refractivity contribution in [2.24, 2.45) is 0 Å². The lowest BCUT2D eigenvalue weighted by molar-refractivity contribution is 0.724. The summed E-state index contributed by atoms with van der Waals surface area (Å²) in [7, 11) is 0. The quantitative estimate of drug-likeness (QED) is 0.668. The van der Waals surface area contributed by atoms with Crippen molar-refractivity contribution < 1.29 is 0 Å². The molecule has 17 heavy (non-hydrogen) atoms. The monoisotopic (exact) mass is 265 g/mol. The fraction of sp³-hybridized carbons (Fsp3) is 0.182. The van der Waals surface area contributed by atoms with E-state index in [0.29, 0.717) is 17.1 Å². The molecule has 0 aliphatic rings. The summed E-state index contributed by atoms with van der Waals surface area (Å²) < 4.78 is 2.18. The smallest absolute Gasteiger partial charge is 0.271 e. The third-order valence-electron chi connectivity index (χ3n) is 2.55. The molecule has 0 fully saturated rings. The first-order chi connectivity index (χ1) is 8.31. The number of rotatable bonds is 2. The summed E-state index contributed by atoms with van der Waals surface area (Å²) in [5, 5.41) is 0.933. The number of aryl methyl sites for hydroxylation is 1. The molecule has 0 bridgehead atoms. The van der Waals surface area contributed by atoms with Gasteiger partial charge in [0.05, 0.1) is 11.8 Å². The minimum absolute atomic E-state index is 0.0429. The first kappa shape index (κ1) is 10.7. The van der Waals surface area contributed by atoms with Crippen LogP contribution in [0.3, 0.4) is 0 Å². The Bertz CT molecular complexity index is 749. The number of fused-ring (bicyclic) bond motifs is 3. The zero-order valence-corrected chi connectivity index (χ0v) is 10.3. The topological polar surface area (TPSA) is 47.8 Å². The first-order valence-electron chi connectivity index (χ1n) is 5.10. The Labute approximate surface area is 105 Å². The summed E-state index contributed by atoms with van der Waals surface area (Å²) in [5.41, 5.74) is 0.688. The molecule has 0 aromatic carbocycles. The molecule has 0 N–H and O–H groups in total. The van der Waals surface area contributed by atoms with Crippen LogP contribution in [-0.2, 0) is 6.54 Å². The Morgan fingerprint density at radius 2 is 2.29 bits per heavy atom. The molecule has 0 amide bonds. The SMILES string of the molecule is O=c1c2sc3ncccc3c2ncn1CCCl. The predicted molar refractivity (Wildman–Crippen MR) is 69.9 cm³/mol. The maximum Gasteiger partial charge on any atom is 0.271 e. The highest BCUT2D eigenvalue weighted by atomic mass is 35.5. The second-order valence-electron chi connectivity index (χ2n) is 3.57. The van der Waals surface area contributed by atoms with Crippen LogP contribution in [0.2, 0.25) is 0 Å². The zero-order chi connectivity index (χ0) is 11.8. The van der Waals surface area contributed by atoms with Crippen molar-refractivity contribution in [2.75, 3.05) is 5.88 Å². The summed E-state index contributed by atoms with van der Waals surface area (Å²) in [6, 6.07) is 3.78. The molecule has 0 radical (unpaired) electrons. The molecule has 0 spiro atoms. The molecular weight excluding hydrogens is 258 g/mol. The molecule has 0 saturated heterocycles. The highest BCUT2D eigenvalue weighted by Gasteiger charge is 2.11. The summed E-state index contributed by atoms with van der Waals surface area (Å²) >= 11 is 7.02. The van der Waals surface area contributed by atoms with Gasteiger partial charge in [-0.15, -0.1) is 22.9 Å². The van der Waals surface area contributed by atoms with Crippen LogP contribution < -0.4 is 5.56 Å². The minimum Gasteiger partial charge on any atom is -0.297 e. The molecule has 86 valence electrons. The fourth-order valence-electron chi connectivity index (χ4n) is 1.75. The average Bonchev–Trinajstić information content (AvgIpc) is 2.73. The van der Waals surface area contributed by atoms with Crippen molar-refractivity contribution in [1.29, 1.82) is 0 Å². The molecule has 0 aliphatic heterocycles. The maximum absolute atomic E-state index is 12.1. The van der Waals surface area contributed by atoms with Crippen molar-refractivity contribution >= 4 is 43.4 Å². The lowest BCUT2D eigenvalue weighted by atomic mass is 10.3. The van der Waals surface area contributed by atoms with Gasteiger partial charge in [-0.3, -0.25) is 9.36 Å². The fourth-order valence-corrected chi connectivity index (χ4v) is 2.98. The number of thiophene rings is 1. The second-order valence-corrected chi connectivity index (χ2v) is 4.95. The third-order valence-corrected chi connectivity index (χ3v) is 3.81. The van der Waals surface area contributed by atoms with Gasteiger partial charge < -0.3 is 0 Å². The number of nitrogens with zero attached hydrogens (tertiary/aromatic N) is 3. The second kappa shape index (κ2) is 4.09. The van der Waals surface area contributed by atoms with Gasteiger partial charge in [-0.05, 0) is 12.1 Å². The van der Waals surface area contributed by atoms with Crippen LogP contribution in [0.1, 0.15) is 0 Å². The Morgan fingerprint density at radius 3 is 3.12 bits per heavy atom. The molecule has 0 atom stereocenters. The highest BCUT2D eigenvalue weighted by molar-refractivity contribution is 7.25. The van der Waals surface area contributed by atoms with Gasteiger partial charge in [-0.1, -0.05) is 0 Å². The van der Waals surface area contributed by atoms with Gasteiger partial charge in [0.1, 0.15) is 9.53 Å². The number of alkyl halides is 1. The third kappa shape index (κ3) is 1.62. The van der Waals surface area contributed by atoms with Crippen LogP contribution >= 0.6 is 22.9 Å². The number of hydrogen-bond acceptors (Lipinski definition) is 4. The van der Waals surface area contributed by atoms with Gasteiger partial charge in [0.25, 0.3) is 5.56 Å². The standard InChI is InChI=1S/C11H8ClN3OS/c12-3-5-15-6-14-8-7-2-1-4-13-10(7)17-9(8)11(15)16/h1-2,4,6H,3,5H2. The number of hydrogen-bond donors (Lipinski definition) is 0. The van der Waals surface area contributed by atoms with Crippen LogP contribution in [0, 0.1) is 0 Å². The minimum atomic E-state index is -0.0429. The van der Waals surface area contributed by atoms with Crippen LogP contribution in [0.5, 0.6) is 0 Å². The van der Waals surface area contributed by atoms with E-state index < -0.39 is 0 Å². The summed E-state index contributed by atoms with van der Waals surface area (Å²) in [6.45, 7) is 0.477. The average molecular weight is 266 g/mol. The largest absolute Gasteiger partial charge is 0.297 e. The molecular formula is C11H8ClN3OS. The van der Waals surface area contributed by atoms with Crippen LogP contribution in [-0.4, -0.2) is 20.4 Å². The number of pyridine rings is 1. The van der Waals surface area contributed by atoms with E-state index in [1.54, 1.807) is 12.5 Å². The van der Waals surface area contributed by atoms with Gasteiger partial charge in [0.15, 0.2) is 0 Å². The Kier molecular flexibility index (Phi) is 2.57. The maximum atomic E-state index is 12.1. The molecule has 4 nitrogen and oxygen atoms in total. The van der Waals surface area contributed by atoms with Crippen molar-refractivity contribution in [3.05, 3.63) is 35.0 Å². The summed E-state index contributed by atoms with van der Waals surface area (Å²) in [4.78, 5) is 21.5. The first-order valence-corrected chi connectivity index (χ1v) is 6.45. The van der Waals surface area contributed by atoms with Crippen LogP contribution in [0.15, 0.2) is 29.5 Å². The molecule has 3 heterocycles. The molecule has 3 rings (SSSR count). The summed E-state index contributed by atoms with van der Waals surface area (Å²) in [6.07, 6.45) is 3.27. The summed E-state index contributed by atoms with van der Waals surface area (Å²) in [5.74, 6) is 0.399. The lowest BCUT2D eigenvalue weighted by Crippen LogP contribution is -2.20. The predicted octanol–water partition coefficient (Wildman–Crippen LogP) is 2.25. The molecule has 0 unspecified atom stereocenters. The lowest BCUT2D eigenvalue weighted by Gasteiger charge is -2.00. The van der Waals surface area contributed by atoms with E-state index in [4.69, 9.17) is 11.6 Å². The van der Waals surface area contributed by atoms with Gasteiger partial charge in [-0.25, -0.2) is 9.97 Å². The van der Waals surface area contributed by atoms with E-state index in [1.165, 1.54) is 15.9 Å². The Morgan fingerprint density at radius 1 is 1.41 bits per heavy atom. The molecule has 6 heteroatoms. The van der Waals surface area contributed by atoms with E-state index >= 15 is 0 Å². The van der Waals surface area contributed by atoms with Crippen LogP contribution in [0.25, 0.3) is 20.4 Å². The zero-order valence-electron chi connectivity index (χ0n) is 8.76. The van der Waals surface area contributed by atoms with Crippen LogP contribution in [0.4, 0.5) is 0 Å². The molecule has 0 aliphatic carbocycles. The number of halogens is 1. The van der Waals surface area contributed by atoms with Crippen molar-refractivity contribution in [2.45, 2.75) is 6.54 Å². The van der Waals surface area contributed by atoms with E-state index in [-0.39, 0.29) is 5.56 Å². The van der Waals surface area contributed by atoms with E-state index in [0.717, 1.165) is 15.7 Å². The van der Waals surface area contributed by atoms with E-state index in [1.807, 2.05) is 12.1 Å². The van der Waals surface area contributed by atoms with E-state index in [2.05, 4.69) is 9.97 Å². The van der Waals surface area contributed by atoms with E-state index in [9.17, 15) is 4.79 Å². The Balaban J connectivity index is 2.41. The highest BCUT2D eigenvalue weighted by Crippen LogP contribution is 2.27.